The van der Waals surface area contributed by atoms with Crippen molar-refractivity contribution in [3.8, 4) is 0 Å². The monoisotopic (exact) mass is 316 g/mol. The van der Waals surface area contributed by atoms with Crippen LogP contribution < -0.4 is 10.6 Å². The highest BCUT2D eigenvalue weighted by molar-refractivity contribution is 6.39. The standard InChI is InChI=1S/C14H18ClFN2O3/c1-8(2)5-10(19)7-17-13(20)14(21)18-12-4-3-9(15)6-11(12)16/h3-4,6,8,10,19H,5,7H2,1-2H3,(H,17,20)(H,18,21). The molecule has 21 heavy (non-hydrogen) atoms. The van der Waals surface area contributed by atoms with Gasteiger partial charge >= 0.3 is 11.8 Å². The maximum Gasteiger partial charge on any atom is 0.313 e. The van der Waals surface area contributed by atoms with Gasteiger partial charge in [-0.05, 0) is 30.5 Å². The lowest BCUT2D eigenvalue weighted by Crippen LogP contribution is -2.40. The summed E-state index contributed by atoms with van der Waals surface area (Å²) in [6.45, 7) is 3.83. The van der Waals surface area contributed by atoms with Crippen LogP contribution in [0.4, 0.5) is 10.1 Å². The number of amides is 2. The van der Waals surface area contributed by atoms with E-state index in [1.54, 1.807) is 0 Å². The number of carbonyl (C=O) groups is 2. The molecule has 0 spiro atoms. The quantitative estimate of drug-likeness (QED) is 0.726. The molecular formula is C14H18ClFN2O3. The van der Waals surface area contributed by atoms with Crippen LogP contribution in [-0.4, -0.2) is 29.6 Å². The van der Waals surface area contributed by atoms with E-state index >= 15 is 0 Å². The molecule has 0 aliphatic carbocycles. The van der Waals surface area contributed by atoms with Crippen LogP contribution in [0.1, 0.15) is 20.3 Å². The zero-order valence-corrected chi connectivity index (χ0v) is 12.6. The first-order valence-corrected chi connectivity index (χ1v) is 6.89. The van der Waals surface area contributed by atoms with Gasteiger partial charge < -0.3 is 15.7 Å². The third kappa shape index (κ3) is 6.10. The molecule has 2 amide bonds. The first kappa shape index (κ1) is 17.4. The summed E-state index contributed by atoms with van der Waals surface area (Å²) in [5.41, 5.74) is -0.137. The van der Waals surface area contributed by atoms with Crippen molar-refractivity contribution in [2.24, 2.45) is 5.92 Å². The third-order valence-electron chi connectivity index (χ3n) is 2.63. The van der Waals surface area contributed by atoms with Crippen LogP contribution in [0.3, 0.4) is 0 Å². The topological polar surface area (TPSA) is 78.4 Å². The van der Waals surface area contributed by atoms with E-state index in [9.17, 15) is 19.1 Å². The van der Waals surface area contributed by atoms with Crippen LogP contribution >= 0.6 is 11.6 Å². The van der Waals surface area contributed by atoms with Crippen molar-refractivity contribution in [1.82, 2.24) is 5.32 Å². The van der Waals surface area contributed by atoms with Gasteiger partial charge in [-0.15, -0.1) is 0 Å². The van der Waals surface area contributed by atoms with Crippen LogP contribution in [0.5, 0.6) is 0 Å². The van der Waals surface area contributed by atoms with E-state index < -0.39 is 23.7 Å². The second kappa shape index (κ2) is 7.95. The lowest BCUT2D eigenvalue weighted by atomic mass is 10.1. The zero-order valence-electron chi connectivity index (χ0n) is 11.8. The molecule has 1 atom stereocenters. The van der Waals surface area contributed by atoms with Gasteiger partial charge in [-0.25, -0.2) is 4.39 Å². The van der Waals surface area contributed by atoms with Crippen molar-refractivity contribution in [2.45, 2.75) is 26.4 Å². The summed E-state index contributed by atoms with van der Waals surface area (Å²) in [4.78, 5) is 23.1. The molecule has 116 valence electrons. The van der Waals surface area contributed by atoms with Crippen molar-refractivity contribution >= 4 is 29.1 Å². The predicted molar refractivity (Wildman–Crippen MR) is 78.5 cm³/mol. The molecule has 0 aliphatic heterocycles. The molecule has 1 rings (SSSR count). The number of hydrogen-bond acceptors (Lipinski definition) is 3. The van der Waals surface area contributed by atoms with Gasteiger partial charge in [-0.3, -0.25) is 9.59 Å². The third-order valence-corrected chi connectivity index (χ3v) is 2.86. The van der Waals surface area contributed by atoms with Crippen LogP contribution in [0.25, 0.3) is 0 Å². The number of rotatable bonds is 5. The van der Waals surface area contributed by atoms with Gasteiger partial charge in [0.1, 0.15) is 5.82 Å². The number of aliphatic hydroxyl groups excluding tert-OH is 1. The van der Waals surface area contributed by atoms with Crippen molar-refractivity contribution in [2.75, 3.05) is 11.9 Å². The number of nitrogens with one attached hydrogen (secondary N) is 2. The van der Waals surface area contributed by atoms with Crippen LogP contribution in [0.15, 0.2) is 18.2 Å². The van der Waals surface area contributed by atoms with Gasteiger partial charge in [0.2, 0.25) is 0 Å². The first-order valence-electron chi connectivity index (χ1n) is 6.52. The van der Waals surface area contributed by atoms with Crippen molar-refractivity contribution in [1.29, 1.82) is 0 Å². The first-order chi connectivity index (χ1) is 9.79. The molecule has 0 heterocycles. The highest BCUT2D eigenvalue weighted by Crippen LogP contribution is 2.18. The fraction of sp³-hybridized carbons (Fsp3) is 0.429. The van der Waals surface area contributed by atoms with Crippen molar-refractivity contribution < 1.29 is 19.1 Å². The van der Waals surface area contributed by atoms with E-state index in [0.717, 1.165) is 6.07 Å². The molecule has 1 aromatic rings. The molecule has 0 aromatic heterocycles. The van der Waals surface area contributed by atoms with Gasteiger partial charge in [0.05, 0.1) is 11.8 Å². The summed E-state index contributed by atoms with van der Waals surface area (Å²) in [5, 5.41) is 14.2. The van der Waals surface area contributed by atoms with E-state index in [1.165, 1.54) is 12.1 Å². The van der Waals surface area contributed by atoms with E-state index in [0.29, 0.717) is 6.42 Å². The van der Waals surface area contributed by atoms with Gasteiger partial charge in [0, 0.05) is 11.6 Å². The summed E-state index contributed by atoms with van der Waals surface area (Å²) in [6, 6.07) is 3.68. The second-order valence-corrected chi connectivity index (χ2v) is 5.51. The summed E-state index contributed by atoms with van der Waals surface area (Å²) in [5.74, 6) is -2.41. The van der Waals surface area contributed by atoms with Crippen molar-refractivity contribution in [3.05, 3.63) is 29.0 Å². The van der Waals surface area contributed by atoms with Crippen LogP contribution in [0.2, 0.25) is 5.02 Å². The molecule has 0 fully saturated rings. The van der Waals surface area contributed by atoms with Gasteiger partial charge in [-0.2, -0.15) is 0 Å². The van der Waals surface area contributed by atoms with E-state index in [1.807, 2.05) is 13.8 Å². The average Bonchev–Trinajstić information content (AvgIpc) is 2.38. The molecular weight excluding hydrogens is 299 g/mol. The Hall–Kier alpha value is -1.66. The molecule has 0 bridgehead atoms. The number of aliphatic hydroxyl groups is 1. The Balaban J connectivity index is 2.49. The molecule has 3 N–H and O–H groups in total. The Bertz CT molecular complexity index is 523. The molecule has 0 aliphatic rings. The highest BCUT2D eigenvalue weighted by Gasteiger charge is 2.17. The summed E-state index contributed by atoms with van der Waals surface area (Å²) < 4.78 is 13.5. The minimum absolute atomic E-state index is 0.0342. The Kier molecular flexibility index (Phi) is 6.58. The SMILES string of the molecule is CC(C)CC(O)CNC(=O)C(=O)Nc1ccc(Cl)cc1F. The maximum absolute atomic E-state index is 13.5. The summed E-state index contributed by atoms with van der Waals surface area (Å²) >= 11 is 5.58. The summed E-state index contributed by atoms with van der Waals surface area (Å²) in [7, 11) is 0. The van der Waals surface area contributed by atoms with Crippen molar-refractivity contribution in [3.63, 3.8) is 0 Å². The lowest BCUT2D eigenvalue weighted by molar-refractivity contribution is -0.136. The van der Waals surface area contributed by atoms with E-state index in [4.69, 9.17) is 11.6 Å². The minimum atomic E-state index is -1.01. The van der Waals surface area contributed by atoms with Gasteiger partial charge in [0.25, 0.3) is 0 Å². The molecule has 7 heteroatoms. The smallest absolute Gasteiger partial charge is 0.313 e. The van der Waals surface area contributed by atoms with Crippen LogP contribution in [0, 0.1) is 11.7 Å². The van der Waals surface area contributed by atoms with Gasteiger partial charge in [-0.1, -0.05) is 25.4 Å². The number of halogens is 2. The van der Waals surface area contributed by atoms with E-state index in [2.05, 4.69) is 10.6 Å². The highest BCUT2D eigenvalue weighted by atomic mass is 35.5. The maximum atomic E-state index is 13.5. The molecule has 1 unspecified atom stereocenters. The fourth-order valence-corrected chi connectivity index (χ4v) is 1.85. The lowest BCUT2D eigenvalue weighted by Gasteiger charge is -2.13. The minimum Gasteiger partial charge on any atom is -0.391 e. The summed E-state index contributed by atoms with van der Waals surface area (Å²) in [6.07, 6.45) is -0.220. The molecule has 5 nitrogen and oxygen atoms in total. The van der Waals surface area contributed by atoms with E-state index in [-0.39, 0.29) is 23.2 Å². The fourth-order valence-electron chi connectivity index (χ4n) is 1.69. The second-order valence-electron chi connectivity index (χ2n) is 5.07. The Morgan fingerprint density at radius 3 is 2.57 bits per heavy atom. The van der Waals surface area contributed by atoms with Gasteiger partial charge in [0.15, 0.2) is 0 Å². The Labute approximate surface area is 127 Å². The Morgan fingerprint density at radius 1 is 1.33 bits per heavy atom. The molecule has 0 saturated carbocycles. The number of anilines is 1. The number of benzene rings is 1. The molecule has 1 aromatic carbocycles. The average molecular weight is 317 g/mol. The van der Waals surface area contributed by atoms with Crippen LogP contribution in [-0.2, 0) is 9.59 Å². The molecule has 0 saturated heterocycles. The Morgan fingerprint density at radius 2 is 2.00 bits per heavy atom. The predicted octanol–water partition coefficient (Wildman–Crippen LogP) is 1.94. The largest absolute Gasteiger partial charge is 0.391 e. The molecule has 0 radical (unpaired) electrons. The number of carbonyl (C=O) groups excluding carboxylic acids is 2. The normalized spacial score (nSPS) is 12.1. The number of hydrogen-bond donors (Lipinski definition) is 3. The zero-order chi connectivity index (χ0) is 16.0.